The van der Waals surface area contributed by atoms with Gasteiger partial charge in [0, 0.05) is 24.1 Å². The highest BCUT2D eigenvalue weighted by atomic mass is 16.5. The van der Waals surface area contributed by atoms with Crippen LogP contribution in [0.5, 0.6) is 46.0 Å². The smallest absolute Gasteiger partial charge is 0.343 e. The van der Waals surface area contributed by atoms with Gasteiger partial charge in [0.05, 0.1) is 11.7 Å². The van der Waals surface area contributed by atoms with Crippen molar-refractivity contribution in [2.24, 2.45) is 0 Å². The third-order valence-corrected chi connectivity index (χ3v) is 5.01. The van der Waals surface area contributed by atoms with Gasteiger partial charge in [0.1, 0.15) is 23.4 Å². The molecule has 32 heavy (non-hydrogen) atoms. The lowest BCUT2D eigenvalue weighted by Crippen LogP contribution is -2.30. The van der Waals surface area contributed by atoms with E-state index in [0.717, 1.165) is 18.2 Å². The Morgan fingerprint density at radius 3 is 2.22 bits per heavy atom. The third kappa shape index (κ3) is 3.74. The summed E-state index contributed by atoms with van der Waals surface area (Å²) >= 11 is 0. The first-order valence-corrected chi connectivity index (χ1v) is 9.33. The lowest BCUT2D eigenvalue weighted by Gasteiger charge is -2.31. The number of carbonyl (C=O) groups excluding carboxylic acids is 1. The quantitative estimate of drug-likeness (QED) is 0.181. The molecule has 0 bridgehead atoms. The van der Waals surface area contributed by atoms with Gasteiger partial charge in [-0.25, -0.2) is 4.79 Å². The molecule has 0 aromatic heterocycles. The number of carbonyl (C=O) groups is 1. The predicted molar refractivity (Wildman–Crippen MR) is 107 cm³/mol. The predicted octanol–water partition coefficient (Wildman–Crippen LogP) is 2.18. The zero-order valence-corrected chi connectivity index (χ0v) is 16.3. The summed E-state index contributed by atoms with van der Waals surface area (Å²) in [6.45, 7) is 0. The van der Waals surface area contributed by atoms with Crippen LogP contribution in [0.2, 0.25) is 0 Å². The highest BCUT2D eigenvalue weighted by Crippen LogP contribution is 2.43. The van der Waals surface area contributed by atoms with Gasteiger partial charge < -0.3 is 45.2 Å². The zero-order valence-electron chi connectivity index (χ0n) is 16.3. The van der Waals surface area contributed by atoms with E-state index in [9.17, 15) is 40.5 Å². The van der Waals surface area contributed by atoms with Crippen LogP contribution in [0.1, 0.15) is 27.6 Å². The maximum atomic E-state index is 12.3. The van der Waals surface area contributed by atoms with Crippen molar-refractivity contribution < 1.29 is 50.0 Å². The highest BCUT2D eigenvalue weighted by Gasteiger charge is 2.32. The van der Waals surface area contributed by atoms with Crippen LogP contribution in [0.25, 0.3) is 0 Å². The Hall–Kier alpha value is -4.31. The van der Waals surface area contributed by atoms with Crippen molar-refractivity contribution in [1.29, 1.82) is 0 Å². The molecule has 3 aromatic rings. The minimum atomic E-state index is -1.08. The summed E-state index contributed by atoms with van der Waals surface area (Å²) < 4.78 is 10.8. The second kappa shape index (κ2) is 7.75. The van der Waals surface area contributed by atoms with E-state index >= 15 is 0 Å². The Kier molecular flexibility index (Phi) is 5.07. The molecule has 1 aliphatic rings. The number of hydrogen-bond donors (Lipinski definition) is 7. The number of fused-ring (bicyclic) bond motifs is 1. The largest absolute Gasteiger partial charge is 0.508 e. The van der Waals surface area contributed by atoms with Crippen molar-refractivity contribution in [3.8, 4) is 46.0 Å². The van der Waals surface area contributed by atoms with Crippen LogP contribution in [0, 0.1) is 0 Å². The fourth-order valence-electron chi connectivity index (χ4n) is 3.43. The fourth-order valence-corrected chi connectivity index (χ4v) is 3.43. The average molecular weight is 442 g/mol. The van der Waals surface area contributed by atoms with E-state index in [1.54, 1.807) is 0 Å². The van der Waals surface area contributed by atoms with E-state index in [-0.39, 0.29) is 35.0 Å². The number of phenolic OH excluding ortho intramolecular Hbond substituents is 6. The van der Waals surface area contributed by atoms with Crippen molar-refractivity contribution in [3.05, 3.63) is 59.2 Å². The van der Waals surface area contributed by atoms with Crippen LogP contribution in [0.4, 0.5) is 0 Å². The summed E-state index contributed by atoms with van der Waals surface area (Å²) in [4.78, 5) is 12.3. The van der Waals surface area contributed by atoms with E-state index in [2.05, 4.69) is 0 Å². The first-order chi connectivity index (χ1) is 15.1. The molecule has 0 aliphatic carbocycles. The normalized spacial score (nSPS) is 17.3. The molecular weight excluding hydrogens is 424 g/mol. The summed E-state index contributed by atoms with van der Waals surface area (Å²) in [5.41, 5.74) is 0.397. The molecule has 0 radical (unpaired) electrons. The molecule has 2 atom stereocenters. The minimum Gasteiger partial charge on any atom is -0.508 e. The van der Waals surface area contributed by atoms with Crippen molar-refractivity contribution in [2.45, 2.75) is 18.6 Å². The van der Waals surface area contributed by atoms with Gasteiger partial charge in [0.15, 0.2) is 28.7 Å². The number of aromatic hydroxyl groups is 6. The minimum absolute atomic E-state index is 0.0391. The Bertz CT molecular complexity index is 1200. The van der Waals surface area contributed by atoms with Crippen molar-refractivity contribution in [2.75, 3.05) is 0 Å². The summed E-state index contributed by atoms with van der Waals surface area (Å²) in [6.07, 6.45) is -1.98. The summed E-state index contributed by atoms with van der Waals surface area (Å²) in [7, 11) is 0. The first-order valence-electron chi connectivity index (χ1n) is 9.33. The number of phenols is 6. The van der Waals surface area contributed by atoms with Crippen molar-refractivity contribution >= 4 is 5.97 Å². The zero-order chi connectivity index (χ0) is 23.2. The second-order valence-corrected chi connectivity index (χ2v) is 7.23. The van der Waals surface area contributed by atoms with Gasteiger partial charge >= 0.3 is 5.97 Å². The molecular formula is C22H18O10. The first kappa shape index (κ1) is 20.9. The SMILES string of the molecule is O=C(Oc1ccc([C@H]2Oc3cc(O)cc(O)c3C[C@@H]2O)cc1O)c1cc(O)c(O)c(O)c1. The van der Waals surface area contributed by atoms with Gasteiger partial charge in [-0.3, -0.25) is 0 Å². The molecule has 1 heterocycles. The molecule has 0 fully saturated rings. The summed E-state index contributed by atoms with van der Waals surface area (Å²) in [5, 5.41) is 68.8. The maximum absolute atomic E-state index is 12.3. The molecule has 10 heteroatoms. The lowest BCUT2D eigenvalue weighted by molar-refractivity contribution is 0.0196. The molecule has 0 unspecified atom stereocenters. The summed E-state index contributed by atoms with van der Waals surface area (Å²) in [5.74, 6) is -4.21. The molecule has 0 amide bonds. The Balaban J connectivity index is 1.56. The van der Waals surface area contributed by atoms with E-state index in [4.69, 9.17) is 9.47 Å². The average Bonchev–Trinajstić information content (AvgIpc) is 2.73. The topological polar surface area (TPSA) is 177 Å². The number of esters is 1. The van der Waals surface area contributed by atoms with E-state index in [1.807, 2.05) is 0 Å². The maximum Gasteiger partial charge on any atom is 0.343 e. The van der Waals surface area contributed by atoms with Crippen molar-refractivity contribution in [3.63, 3.8) is 0 Å². The molecule has 10 nitrogen and oxygen atoms in total. The fraction of sp³-hybridized carbons (Fsp3) is 0.136. The monoisotopic (exact) mass is 442 g/mol. The second-order valence-electron chi connectivity index (χ2n) is 7.23. The standard InChI is InChI=1S/C22H18O10/c23-11-6-13(24)12-8-17(28)21(31-19(12)7-11)9-1-2-18(14(25)3-9)32-22(30)10-4-15(26)20(29)16(27)5-10/h1-7,17,21,23-29H,8H2/t17-,21+/m0/s1. The van der Waals surface area contributed by atoms with Crippen LogP contribution in [-0.4, -0.2) is 47.8 Å². The number of ether oxygens (including phenoxy) is 2. The Morgan fingerprint density at radius 2 is 1.56 bits per heavy atom. The number of aliphatic hydroxyl groups excluding tert-OH is 1. The van der Waals surface area contributed by atoms with Gasteiger partial charge in [-0.05, 0) is 29.8 Å². The van der Waals surface area contributed by atoms with Crippen LogP contribution in [-0.2, 0) is 6.42 Å². The Morgan fingerprint density at radius 1 is 0.875 bits per heavy atom. The van der Waals surface area contributed by atoms with Crippen LogP contribution in [0.15, 0.2) is 42.5 Å². The van der Waals surface area contributed by atoms with E-state index in [1.165, 1.54) is 24.3 Å². The molecule has 0 saturated carbocycles. The van der Waals surface area contributed by atoms with Gasteiger partial charge in [-0.2, -0.15) is 0 Å². The van der Waals surface area contributed by atoms with E-state index < -0.39 is 41.2 Å². The summed E-state index contributed by atoms with van der Waals surface area (Å²) in [6, 6.07) is 8.12. The molecule has 166 valence electrons. The molecule has 0 spiro atoms. The number of hydrogen-bond acceptors (Lipinski definition) is 10. The number of aliphatic hydroxyl groups is 1. The molecule has 7 N–H and O–H groups in total. The molecule has 4 rings (SSSR count). The molecule has 1 aliphatic heterocycles. The Labute approximate surface area is 180 Å². The molecule has 0 saturated heterocycles. The lowest BCUT2D eigenvalue weighted by atomic mass is 9.94. The van der Waals surface area contributed by atoms with Gasteiger partial charge in [0.2, 0.25) is 0 Å². The van der Waals surface area contributed by atoms with E-state index in [0.29, 0.717) is 11.1 Å². The van der Waals surface area contributed by atoms with Crippen LogP contribution in [0.3, 0.4) is 0 Å². The molecule has 3 aromatic carbocycles. The van der Waals surface area contributed by atoms with Gasteiger partial charge in [-0.15, -0.1) is 0 Å². The number of benzene rings is 3. The highest BCUT2D eigenvalue weighted by molar-refractivity contribution is 5.92. The van der Waals surface area contributed by atoms with Crippen LogP contribution >= 0.6 is 0 Å². The van der Waals surface area contributed by atoms with Gasteiger partial charge in [0.25, 0.3) is 0 Å². The van der Waals surface area contributed by atoms with Crippen LogP contribution < -0.4 is 9.47 Å². The third-order valence-electron chi connectivity index (χ3n) is 5.01. The van der Waals surface area contributed by atoms with Gasteiger partial charge in [-0.1, -0.05) is 6.07 Å². The van der Waals surface area contributed by atoms with Crippen molar-refractivity contribution in [1.82, 2.24) is 0 Å². The number of rotatable bonds is 3.